The van der Waals surface area contributed by atoms with Crippen molar-refractivity contribution in [2.45, 2.75) is 0 Å². The van der Waals surface area contributed by atoms with Crippen molar-refractivity contribution in [2.75, 3.05) is 21.3 Å². The molecule has 3 rings (SSSR count). The van der Waals surface area contributed by atoms with Crippen LogP contribution in [0.5, 0.6) is 23.0 Å². The first kappa shape index (κ1) is 16.6. The Morgan fingerprint density at radius 2 is 1.36 bits per heavy atom. The number of hydrogen-bond acceptors (Lipinski definition) is 5. The van der Waals surface area contributed by atoms with Crippen molar-refractivity contribution < 1.29 is 19.3 Å². The van der Waals surface area contributed by atoms with E-state index in [0.29, 0.717) is 17.2 Å². The lowest BCUT2D eigenvalue weighted by Gasteiger charge is -2.14. The van der Waals surface area contributed by atoms with Gasteiger partial charge in [0.15, 0.2) is 11.5 Å². The van der Waals surface area contributed by atoms with E-state index < -0.39 is 0 Å². The van der Waals surface area contributed by atoms with E-state index in [9.17, 15) is 5.11 Å². The van der Waals surface area contributed by atoms with Crippen molar-refractivity contribution in [1.29, 1.82) is 0 Å². The molecule has 0 saturated carbocycles. The fraction of sp³-hybridized carbons (Fsp3) is 0.150. The van der Waals surface area contributed by atoms with Gasteiger partial charge in [-0.1, -0.05) is 12.1 Å². The highest BCUT2D eigenvalue weighted by Crippen LogP contribution is 2.41. The molecule has 25 heavy (non-hydrogen) atoms. The maximum absolute atomic E-state index is 9.69. The average Bonchev–Trinajstić information content (AvgIpc) is 2.66. The standard InChI is InChI=1S/C20H19NO4/c1-23-18-9-14(10-19(24-2)20(18)25-3)16-7-15(11-21-12-16)13-5-4-6-17(22)8-13/h4-12,22H,1-3H3. The fourth-order valence-corrected chi connectivity index (χ4v) is 2.69. The molecular formula is C20H19NO4. The Balaban J connectivity index is 2.10. The summed E-state index contributed by atoms with van der Waals surface area (Å²) in [6.45, 7) is 0. The maximum Gasteiger partial charge on any atom is 0.203 e. The third-order valence-corrected chi connectivity index (χ3v) is 3.92. The van der Waals surface area contributed by atoms with Crippen LogP contribution < -0.4 is 14.2 Å². The molecule has 0 amide bonds. The van der Waals surface area contributed by atoms with Gasteiger partial charge in [-0.05, 0) is 41.5 Å². The zero-order valence-electron chi connectivity index (χ0n) is 14.3. The third kappa shape index (κ3) is 3.35. The van der Waals surface area contributed by atoms with E-state index in [-0.39, 0.29) is 5.75 Å². The van der Waals surface area contributed by atoms with E-state index in [2.05, 4.69) is 4.98 Å². The van der Waals surface area contributed by atoms with Gasteiger partial charge in [0.1, 0.15) is 5.75 Å². The number of phenolic OH excluding ortho intramolecular Hbond substituents is 1. The summed E-state index contributed by atoms with van der Waals surface area (Å²) >= 11 is 0. The van der Waals surface area contributed by atoms with Crippen molar-refractivity contribution in [3.8, 4) is 45.3 Å². The summed E-state index contributed by atoms with van der Waals surface area (Å²) < 4.78 is 16.2. The summed E-state index contributed by atoms with van der Waals surface area (Å²) in [7, 11) is 4.75. The Kier molecular flexibility index (Phi) is 4.75. The van der Waals surface area contributed by atoms with E-state index in [1.807, 2.05) is 24.3 Å². The first-order chi connectivity index (χ1) is 12.2. The molecule has 1 aromatic heterocycles. The van der Waals surface area contributed by atoms with Gasteiger partial charge in [-0.3, -0.25) is 4.98 Å². The molecule has 0 radical (unpaired) electrons. The van der Waals surface area contributed by atoms with Crippen LogP contribution in [0.25, 0.3) is 22.3 Å². The van der Waals surface area contributed by atoms with Crippen LogP contribution in [0, 0.1) is 0 Å². The first-order valence-corrected chi connectivity index (χ1v) is 7.71. The number of benzene rings is 2. The minimum atomic E-state index is 0.218. The number of aromatic nitrogens is 1. The lowest BCUT2D eigenvalue weighted by atomic mass is 10.0. The summed E-state index contributed by atoms with van der Waals surface area (Å²) in [5.74, 6) is 1.93. The summed E-state index contributed by atoms with van der Waals surface area (Å²) in [4.78, 5) is 4.33. The van der Waals surface area contributed by atoms with E-state index in [4.69, 9.17) is 14.2 Å². The highest BCUT2D eigenvalue weighted by Gasteiger charge is 2.14. The van der Waals surface area contributed by atoms with Crippen molar-refractivity contribution in [3.05, 3.63) is 54.9 Å². The quantitative estimate of drug-likeness (QED) is 0.758. The van der Waals surface area contributed by atoms with Crippen LogP contribution in [0.3, 0.4) is 0 Å². The number of methoxy groups -OCH3 is 3. The van der Waals surface area contributed by atoms with Crippen LogP contribution in [0.15, 0.2) is 54.9 Å². The molecule has 1 N–H and O–H groups in total. The molecule has 0 unspecified atom stereocenters. The number of aromatic hydroxyl groups is 1. The maximum atomic E-state index is 9.69. The second-order valence-corrected chi connectivity index (χ2v) is 5.43. The van der Waals surface area contributed by atoms with Crippen LogP contribution in [-0.2, 0) is 0 Å². The molecule has 0 aliphatic heterocycles. The molecule has 0 fully saturated rings. The second-order valence-electron chi connectivity index (χ2n) is 5.43. The van der Waals surface area contributed by atoms with Gasteiger partial charge in [0.25, 0.3) is 0 Å². The molecule has 0 atom stereocenters. The number of nitrogens with zero attached hydrogens (tertiary/aromatic N) is 1. The molecule has 3 aromatic rings. The third-order valence-electron chi connectivity index (χ3n) is 3.92. The topological polar surface area (TPSA) is 60.8 Å². The fourth-order valence-electron chi connectivity index (χ4n) is 2.69. The molecule has 0 aliphatic carbocycles. The molecule has 128 valence electrons. The Bertz CT molecular complexity index is 867. The molecular weight excluding hydrogens is 318 g/mol. The van der Waals surface area contributed by atoms with Crippen LogP contribution in [0.4, 0.5) is 0 Å². The predicted octanol–water partition coefficient (Wildman–Crippen LogP) is 4.15. The van der Waals surface area contributed by atoms with Crippen molar-refractivity contribution in [2.24, 2.45) is 0 Å². The molecule has 0 aliphatic rings. The van der Waals surface area contributed by atoms with Gasteiger partial charge in [0.05, 0.1) is 21.3 Å². The zero-order chi connectivity index (χ0) is 17.8. The van der Waals surface area contributed by atoms with Crippen LogP contribution in [0.1, 0.15) is 0 Å². The molecule has 0 saturated heterocycles. The summed E-state index contributed by atoms with van der Waals surface area (Å²) in [5.41, 5.74) is 3.59. The zero-order valence-corrected chi connectivity index (χ0v) is 14.3. The van der Waals surface area contributed by atoms with Gasteiger partial charge >= 0.3 is 0 Å². The minimum absolute atomic E-state index is 0.218. The lowest BCUT2D eigenvalue weighted by molar-refractivity contribution is 0.324. The summed E-state index contributed by atoms with van der Waals surface area (Å²) in [5, 5.41) is 9.69. The largest absolute Gasteiger partial charge is 0.508 e. The molecule has 5 nitrogen and oxygen atoms in total. The van der Waals surface area contributed by atoms with Gasteiger partial charge < -0.3 is 19.3 Å². The van der Waals surface area contributed by atoms with Gasteiger partial charge in [0.2, 0.25) is 5.75 Å². The van der Waals surface area contributed by atoms with Gasteiger partial charge in [-0.15, -0.1) is 0 Å². The van der Waals surface area contributed by atoms with Gasteiger partial charge in [-0.25, -0.2) is 0 Å². The van der Waals surface area contributed by atoms with Gasteiger partial charge in [0, 0.05) is 23.5 Å². The Morgan fingerprint density at radius 1 is 0.720 bits per heavy atom. The molecule has 2 aromatic carbocycles. The molecule has 0 bridgehead atoms. The number of rotatable bonds is 5. The smallest absolute Gasteiger partial charge is 0.203 e. The number of pyridine rings is 1. The summed E-state index contributed by atoms with van der Waals surface area (Å²) in [6.07, 6.45) is 3.53. The average molecular weight is 337 g/mol. The Morgan fingerprint density at radius 3 is 1.92 bits per heavy atom. The summed E-state index contributed by atoms with van der Waals surface area (Å²) in [6, 6.07) is 12.8. The molecule has 5 heteroatoms. The van der Waals surface area contributed by atoms with E-state index in [0.717, 1.165) is 22.3 Å². The van der Waals surface area contributed by atoms with Crippen LogP contribution >= 0.6 is 0 Å². The van der Waals surface area contributed by atoms with Gasteiger partial charge in [-0.2, -0.15) is 0 Å². The SMILES string of the molecule is COc1cc(-c2cncc(-c3cccc(O)c3)c2)cc(OC)c1OC. The van der Waals surface area contributed by atoms with E-state index >= 15 is 0 Å². The number of hydrogen-bond donors (Lipinski definition) is 1. The van der Waals surface area contributed by atoms with Crippen molar-refractivity contribution in [3.63, 3.8) is 0 Å². The number of ether oxygens (including phenoxy) is 3. The normalized spacial score (nSPS) is 10.4. The Hall–Kier alpha value is -3.21. The lowest BCUT2D eigenvalue weighted by Crippen LogP contribution is -1.96. The highest BCUT2D eigenvalue weighted by atomic mass is 16.5. The van der Waals surface area contributed by atoms with E-state index in [1.54, 1.807) is 51.9 Å². The first-order valence-electron chi connectivity index (χ1n) is 7.71. The van der Waals surface area contributed by atoms with Crippen molar-refractivity contribution in [1.82, 2.24) is 4.98 Å². The molecule has 0 spiro atoms. The van der Waals surface area contributed by atoms with Crippen LogP contribution in [0.2, 0.25) is 0 Å². The predicted molar refractivity (Wildman–Crippen MR) is 96.4 cm³/mol. The highest BCUT2D eigenvalue weighted by molar-refractivity contribution is 5.75. The minimum Gasteiger partial charge on any atom is -0.508 e. The van der Waals surface area contributed by atoms with Crippen molar-refractivity contribution >= 4 is 0 Å². The van der Waals surface area contributed by atoms with Crippen LogP contribution in [-0.4, -0.2) is 31.4 Å². The Labute approximate surface area is 146 Å². The molecule has 1 heterocycles. The second kappa shape index (κ2) is 7.13. The monoisotopic (exact) mass is 337 g/mol. The number of phenols is 1. The van der Waals surface area contributed by atoms with E-state index in [1.165, 1.54) is 0 Å².